The first-order valence-electron chi connectivity index (χ1n) is 6.79. The minimum absolute atomic E-state index is 0.248. The minimum atomic E-state index is -0.374. The van der Waals surface area contributed by atoms with Crippen LogP contribution in [0.3, 0.4) is 0 Å². The second-order valence-electron chi connectivity index (χ2n) is 5.14. The summed E-state index contributed by atoms with van der Waals surface area (Å²) >= 11 is 0. The molecule has 1 N–H and O–H groups in total. The van der Waals surface area contributed by atoms with Gasteiger partial charge in [0.25, 0.3) is 0 Å². The highest BCUT2D eigenvalue weighted by Crippen LogP contribution is 2.20. The molecule has 0 amide bonds. The molecule has 0 saturated carbocycles. The second kappa shape index (κ2) is 6.49. The monoisotopic (exact) mass is 275 g/mol. The third-order valence-corrected chi connectivity index (χ3v) is 3.75. The number of hydrogen-bond donors (Lipinski definition) is 1. The van der Waals surface area contributed by atoms with Gasteiger partial charge in [0, 0.05) is 32.0 Å². The van der Waals surface area contributed by atoms with Gasteiger partial charge in [0.15, 0.2) is 0 Å². The fourth-order valence-electron chi connectivity index (χ4n) is 2.69. The molecule has 106 valence electrons. The van der Waals surface area contributed by atoms with Crippen LogP contribution in [0.5, 0.6) is 0 Å². The van der Waals surface area contributed by atoms with Crippen molar-refractivity contribution in [3.05, 3.63) is 35.1 Å². The topological polar surface area (TPSA) is 59.6 Å². The number of rotatable bonds is 3. The van der Waals surface area contributed by atoms with E-state index in [9.17, 15) is 4.39 Å². The molecule has 1 aliphatic rings. The summed E-state index contributed by atoms with van der Waals surface area (Å²) < 4.78 is 13.4. The fourth-order valence-corrected chi connectivity index (χ4v) is 2.69. The van der Waals surface area contributed by atoms with Crippen LogP contribution in [0.15, 0.2) is 23.4 Å². The van der Waals surface area contributed by atoms with Crippen LogP contribution in [-0.4, -0.2) is 28.9 Å². The van der Waals surface area contributed by atoms with Crippen molar-refractivity contribution in [2.24, 2.45) is 11.1 Å². The van der Waals surface area contributed by atoms with Gasteiger partial charge in [0.2, 0.25) is 0 Å². The van der Waals surface area contributed by atoms with Crippen LogP contribution >= 0.6 is 0 Å². The lowest BCUT2D eigenvalue weighted by atomic mass is 9.93. The van der Waals surface area contributed by atoms with Gasteiger partial charge in [0.05, 0.1) is 17.3 Å². The van der Waals surface area contributed by atoms with Gasteiger partial charge in [-0.25, -0.2) is 4.39 Å². The van der Waals surface area contributed by atoms with E-state index < -0.39 is 0 Å². The lowest BCUT2D eigenvalue weighted by molar-refractivity contribution is 0.220. The van der Waals surface area contributed by atoms with Gasteiger partial charge in [0.1, 0.15) is 5.82 Å². The smallest absolute Gasteiger partial charge is 0.124 e. The molecule has 20 heavy (non-hydrogen) atoms. The second-order valence-corrected chi connectivity index (χ2v) is 5.14. The van der Waals surface area contributed by atoms with E-state index in [-0.39, 0.29) is 11.7 Å². The maximum atomic E-state index is 13.4. The number of oxime groups is 1. The summed E-state index contributed by atoms with van der Waals surface area (Å²) in [6, 6.07) is 6.40. The number of benzene rings is 1. The highest BCUT2D eigenvalue weighted by atomic mass is 19.1. The normalized spacial score (nSPS) is 21.9. The van der Waals surface area contributed by atoms with Crippen LogP contribution in [0.2, 0.25) is 0 Å². The molecule has 4 nitrogen and oxygen atoms in total. The van der Waals surface area contributed by atoms with Crippen molar-refractivity contribution >= 4 is 5.71 Å². The first kappa shape index (κ1) is 14.5. The highest BCUT2D eigenvalue weighted by Gasteiger charge is 2.24. The fraction of sp³-hybridized carbons (Fsp3) is 0.467. The third kappa shape index (κ3) is 3.34. The lowest BCUT2D eigenvalue weighted by Gasteiger charge is -2.32. The van der Waals surface area contributed by atoms with E-state index in [4.69, 9.17) is 10.5 Å². The van der Waals surface area contributed by atoms with Crippen molar-refractivity contribution in [1.82, 2.24) is 4.90 Å². The van der Waals surface area contributed by atoms with Crippen LogP contribution in [-0.2, 0) is 6.54 Å². The van der Waals surface area contributed by atoms with Crippen molar-refractivity contribution in [2.75, 3.05) is 13.1 Å². The quantitative estimate of drug-likeness (QED) is 0.681. The van der Waals surface area contributed by atoms with E-state index in [1.807, 2.05) is 6.07 Å². The van der Waals surface area contributed by atoms with Gasteiger partial charge in [-0.1, -0.05) is 12.1 Å². The Morgan fingerprint density at radius 2 is 2.30 bits per heavy atom. The van der Waals surface area contributed by atoms with Crippen molar-refractivity contribution in [3.63, 3.8) is 0 Å². The molecule has 1 aromatic rings. The Balaban J connectivity index is 2.08. The SMILES string of the molecule is CCC1CN(Cc2cc(F)cc(C#N)c2)CC/C1=N\O. The zero-order valence-corrected chi connectivity index (χ0v) is 11.5. The number of halogens is 1. The number of nitrogens with zero attached hydrogens (tertiary/aromatic N) is 3. The largest absolute Gasteiger partial charge is 0.411 e. The zero-order chi connectivity index (χ0) is 14.5. The summed E-state index contributed by atoms with van der Waals surface area (Å²) in [6.07, 6.45) is 1.65. The predicted octanol–water partition coefficient (Wildman–Crippen LogP) is 2.76. The van der Waals surface area contributed by atoms with Crippen LogP contribution < -0.4 is 0 Å². The van der Waals surface area contributed by atoms with Crippen molar-refractivity contribution in [2.45, 2.75) is 26.3 Å². The number of piperidine rings is 1. The Bertz CT molecular complexity index is 551. The molecule has 1 aliphatic heterocycles. The summed E-state index contributed by atoms with van der Waals surface area (Å²) in [5, 5.41) is 21.2. The van der Waals surface area contributed by atoms with Gasteiger partial charge in [-0.2, -0.15) is 5.26 Å². The molecule has 1 unspecified atom stereocenters. The summed E-state index contributed by atoms with van der Waals surface area (Å²) in [7, 11) is 0. The van der Waals surface area contributed by atoms with E-state index >= 15 is 0 Å². The van der Waals surface area contributed by atoms with Crippen LogP contribution in [0.1, 0.15) is 30.9 Å². The standard InChI is InChI=1S/C15H18FN3O/c1-2-13-10-19(4-3-15(13)18-20)9-12-5-11(8-17)6-14(16)7-12/h5-7,13,20H,2-4,9-10H2,1H3/b18-15+. The molecule has 0 aromatic heterocycles. The number of hydrogen-bond acceptors (Lipinski definition) is 4. The Morgan fingerprint density at radius 3 is 2.95 bits per heavy atom. The zero-order valence-electron chi connectivity index (χ0n) is 11.5. The van der Waals surface area contributed by atoms with Gasteiger partial charge in [-0.15, -0.1) is 0 Å². The van der Waals surface area contributed by atoms with E-state index in [2.05, 4.69) is 17.0 Å². The summed E-state index contributed by atoms with van der Waals surface area (Å²) in [5.74, 6) is -0.126. The molecule has 2 rings (SSSR count). The first-order chi connectivity index (χ1) is 9.66. The molecule has 1 saturated heterocycles. The minimum Gasteiger partial charge on any atom is -0.411 e. The van der Waals surface area contributed by atoms with Gasteiger partial charge < -0.3 is 5.21 Å². The Kier molecular flexibility index (Phi) is 4.70. The van der Waals surface area contributed by atoms with Crippen molar-refractivity contribution in [3.8, 4) is 6.07 Å². The van der Waals surface area contributed by atoms with E-state index in [1.165, 1.54) is 12.1 Å². The molecule has 5 heteroatoms. The Labute approximate surface area is 118 Å². The molecule has 0 spiro atoms. The Hall–Kier alpha value is -1.93. The maximum absolute atomic E-state index is 13.4. The van der Waals surface area contributed by atoms with Crippen LogP contribution in [0.25, 0.3) is 0 Å². The molecular formula is C15H18FN3O. The van der Waals surface area contributed by atoms with Crippen LogP contribution in [0.4, 0.5) is 4.39 Å². The maximum Gasteiger partial charge on any atom is 0.124 e. The van der Waals surface area contributed by atoms with E-state index in [0.29, 0.717) is 12.1 Å². The number of likely N-dealkylation sites (tertiary alicyclic amines) is 1. The number of nitriles is 1. The van der Waals surface area contributed by atoms with Gasteiger partial charge in [-0.05, 0) is 30.2 Å². The summed E-state index contributed by atoms with van der Waals surface area (Å²) in [6.45, 7) is 4.26. The molecule has 0 radical (unpaired) electrons. The van der Waals surface area contributed by atoms with Gasteiger partial charge in [-0.3, -0.25) is 4.90 Å². The van der Waals surface area contributed by atoms with Crippen LogP contribution in [0, 0.1) is 23.1 Å². The Morgan fingerprint density at radius 1 is 1.50 bits per heavy atom. The van der Waals surface area contributed by atoms with E-state index in [0.717, 1.165) is 37.2 Å². The lowest BCUT2D eigenvalue weighted by Crippen LogP contribution is -2.40. The molecule has 1 fully saturated rings. The molecule has 1 heterocycles. The first-order valence-corrected chi connectivity index (χ1v) is 6.79. The molecular weight excluding hydrogens is 257 g/mol. The van der Waals surface area contributed by atoms with Crippen molar-refractivity contribution in [1.29, 1.82) is 5.26 Å². The third-order valence-electron chi connectivity index (χ3n) is 3.75. The summed E-state index contributed by atoms with van der Waals surface area (Å²) in [5.41, 5.74) is 2.00. The molecule has 0 bridgehead atoms. The average Bonchev–Trinajstić information content (AvgIpc) is 2.46. The average molecular weight is 275 g/mol. The predicted molar refractivity (Wildman–Crippen MR) is 74.0 cm³/mol. The van der Waals surface area contributed by atoms with Gasteiger partial charge >= 0.3 is 0 Å². The van der Waals surface area contributed by atoms with E-state index in [1.54, 1.807) is 6.07 Å². The molecule has 0 aliphatic carbocycles. The van der Waals surface area contributed by atoms with Crippen molar-refractivity contribution < 1.29 is 9.60 Å². The summed E-state index contributed by atoms with van der Waals surface area (Å²) in [4.78, 5) is 2.21. The highest BCUT2D eigenvalue weighted by molar-refractivity contribution is 5.87. The molecule has 1 atom stereocenters. The molecule has 1 aromatic carbocycles.